The molecular formula is C14H22N2O. The number of methoxy groups -OCH3 is 1. The fourth-order valence-corrected chi connectivity index (χ4v) is 2.12. The largest absolute Gasteiger partial charge is 0.496 e. The molecule has 3 nitrogen and oxygen atoms in total. The molecule has 0 bridgehead atoms. The van der Waals surface area contributed by atoms with Gasteiger partial charge < -0.3 is 16.2 Å². The molecule has 3 heteroatoms. The standard InChI is InChI=1S/C14H22N2O/c1-9(2)10-4-5-12(17-3)11(8-10)13(15)14(16)6-7-14/h4-5,8-9,13H,6-7,15-16H2,1-3H3. The van der Waals surface area contributed by atoms with Crippen LogP contribution in [0.5, 0.6) is 5.75 Å². The summed E-state index contributed by atoms with van der Waals surface area (Å²) in [6, 6.07) is 6.10. The Labute approximate surface area is 103 Å². The first-order valence-corrected chi connectivity index (χ1v) is 6.20. The summed E-state index contributed by atoms with van der Waals surface area (Å²) in [6.45, 7) is 4.35. The van der Waals surface area contributed by atoms with Gasteiger partial charge in [-0.3, -0.25) is 0 Å². The van der Waals surface area contributed by atoms with Gasteiger partial charge in [0.05, 0.1) is 13.2 Å². The zero-order chi connectivity index (χ0) is 12.6. The van der Waals surface area contributed by atoms with Crippen LogP contribution < -0.4 is 16.2 Å². The van der Waals surface area contributed by atoms with Crippen LogP contribution in [-0.2, 0) is 0 Å². The Balaban J connectivity index is 2.38. The summed E-state index contributed by atoms with van der Waals surface area (Å²) in [4.78, 5) is 0. The lowest BCUT2D eigenvalue weighted by molar-refractivity contribution is 0.398. The minimum absolute atomic E-state index is 0.129. The van der Waals surface area contributed by atoms with E-state index in [9.17, 15) is 0 Å². The molecule has 0 heterocycles. The molecule has 1 saturated carbocycles. The Morgan fingerprint density at radius 3 is 2.41 bits per heavy atom. The minimum Gasteiger partial charge on any atom is -0.496 e. The van der Waals surface area contributed by atoms with Crippen LogP contribution in [0, 0.1) is 0 Å². The van der Waals surface area contributed by atoms with Crippen LogP contribution in [0.2, 0.25) is 0 Å². The van der Waals surface area contributed by atoms with Crippen molar-refractivity contribution in [3.8, 4) is 5.75 Å². The lowest BCUT2D eigenvalue weighted by Crippen LogP contribution is -2.36. The van der Waals surface area contributed by atoms with Gasteiger partial charge in [-0.1, -0.05) is 26.0 Å². The quantitative estimate of drug-likeness (QED) is 0.840. The maximum absolute atomic E-state index is 6.27. The van der Waals surface area contributed by atoms with Crippen molar-refractivity contribution in [2.45, 2.75) is 44.2 Å². The fourth-order valence-electron chi connectivity index (χ4n) is 2.12. The molecule has 1 aromatic carbocycles. The third kappa shape index (κ3) is 2.31. The van der Waals surface area contributed by atoms with Crippen LogP contribution in [0.3, 0.4) is 0 Å². The third-order valence-electron chi connectivity index (χ3n) is 3.70. The van der Waals surface area contributed by atoms with Crippen LogP contribution in [-0.4, -0.2) is 12.6 Å². The highest BCUT2D eigenvalue weighted by molar-refractivity contribution is 5.42. The number of benzene rings is 1. The van der Waals surface area contributed by atoms with E-state index < -0.39 is 0 Å². The first-order chi connectivity index (χ1) is 7.98. The minimum atomic E-state index is -0.219. The van der Waals surface area contributed by atoms with Gasteiger partial charge in [0.1, 0.15) is 5.75 Å². The van der Waals surface area contributed by atoms with E-state index in [4.69, 9.17) is 16.2 Å². The topological polar surface area (TPSA) is 61.3 Å². The molecule has 4 N–H and O–H groups in total. The first-order valence-electron chi connectivity index (χ1n) is 6.20. The highest BCUT2D eigenvalue weighted by Gasteiger charge is 2.45. The third-order valence-corrected chi connectivity index (χ3v) is 3.70. The molecule has 2 rings (SSSR count). The molecule has 17 heavy (non-hydrogen) atoms. The molecule has 0 aliphatic heterocycles. The van der Waals surface area contributed by atoms with Crippen molar-refractivity contribution in [1.29, 1.82) is 0 Å². The van der Waals surface area contributed by atoms with Crippen molar-refractivity contribution >= 4 is 0 Å². The fraction of sp³-hybridized carbons (Fsp3) is 0.571. The number of rotatable bonds is 4. The molecule has 0 saturated heterocycles. The molecule has 1 aromatic rings. The van der Waals surface area contributed by atoms with E-state index in [2.05, 4.69) is 26.0 Å². The van der Waals surface area contributed by atoms with Crippen LogP contribution in [0.15, 0.2) is 18.2 Å². The van der Waals surface area contributed by atoms with E-state index in [0.717, 1.165) is 24.2 Å². The maximum Gasteiger partial charge on any atom is 0.123 e. The first kappa shape index (κ1) is 12.4. The molecule has 1 atom stereocenters. The summed E-state index contributed by atoms with van der Waals surface area (Å²) >= 11 is 0. The summed E-state index contributed by atoms with van der Waals surface area (Å²) in [6.07, 6.45) is 2.01. The second-order valence-corrected chi connectivity index (χ2v) is 5.37. The van der Waals surface area contributed by atoms with Gasteiger partial charge in [-0.15, -0.1) is 0 Å². The van der Waals surface area contributed by atoms with Gasteiger partial charge in [0, 0.05) is 11.1 Å². The van der Waals surface area contributed by atoms with Gasteiger partial charge in [0.15, 0.2) is 0 Å². The Bertz CT molecular complexity index is 411. The normalized spacial score (nSPS) is 19.2. The zero-order valence-corrected chi connectivity index (χ0v) is 10.9. The Morgan fingerprint density at radius 2 is 1.94 bits per heavy atom. The Hall–Kier alpha value is -1.06. The maximum atomic E-state index is 6.27. The van der Waals surface area contributed by atoms with Gasteiger partial charge in [0.25, 0.3) is 0 Å². The van der Waals surface area contributed by atoms with Crippen molar-refractivity contribution in [3.05, 3.63) is 29.3 Å². The number of hydrogen-bond donors (Lipinski definition) is 2. The number of ether oxygens (including phenoxy) is 1. The lowest BCUT2D eigenvalue weighted by atomic mass is 9.93. The van der Waals surface area contributed by atoms with Gasteiger partial charge in [-0.05, 0) is 30.4 Å². The lowest BCUT2D eigenvalue weighted by Gasteiger charge is -2.22. The SMILES string of the molecule is COc1ccc(C(C)C)cc1C(N)C1(N)CC1. The van der Waals surface area contributed by atoms with E-state index in [-0.39, 0.29) is 11.6 Å². The Morgan fingerprint density at radius 1 is 1.29 bits per heavy atom. The van der Waals surface area contributed by atoms with Gasteiger partial charge >= 0.3 is 0 Å². The van der Waals surface area contributed by atoms with Crippen molar-refractivity contribution in [3.63, 3.8) is 0 Å². The second kappa shape index (κ2) is 4.31. The van der Waals surface area contributed by atoms with Crippen molar-refractivity contribution in [2.24, 2.45) is 11.5 Å². The molecule has 0 spiro atoms. The van der Waals surface area contributed by atoms with E-state index in [1.165, 1.54) is 5.56 Å². The van der Waals surface area contributed by atoms with Gasteiger partial charge in [-0.25, -0.2) is 0 Å². The van der Waals surface area contributed by atoms with Crippen LogP contribution in [0.25, 0.3) is 0 Å². The molecular weight excluding hydrogens is 212 g/mol. The summed E-state index contributed by atoms with van der Waals surface area (Å²) in [5.41, 5.74) is 14.6. The van der Waals surface area contributed by atoms with Crippen LogP contribution >= 0.6 is 0 Å². The Kier molecular flexibility index (Phi) is 3.15. The van der Waals surface area contributed by atoms with Crippen molar-refractivity contribution < 1.29 is 4.74 Å². The molecule has 94 valence electrons. The molecule has 1 aliphatic carbocycles. The van der Waals surface area contributed by atoms with Crippen molar-refractivity contribution in [2.75, 3.05) is 7.11 Å². The average molecular weight is 234 g/mol. The summed E-state index contributed by atoms with van der Waals surface area (Å²) < 4.78 is 5.39. The number of hydrogen-bond acceptors (Lipinski definition) is 3. The summed E-state index contributed by atoms with van der Waals surface area (Å²) in [5, 5.41) is 0. The molecule has 1 fully saturated rings. The summed E-state index contributed by atoms with van der Waals surface area (Å²) in [5.74, 6) is 1.33. The van der Waals surface area contributed by atoms with Crippen LogP contribution in [0.1, 0.15) is 49.8 Å². The predicted octanol–water partition coefficient (Wildman–Crippen LogP) is 2.31. The summed E-state index contributed by atoms with van der Waals surface area (Å²) in [7, 11) is 1.68. The monoisotopic (exact) mass is 234 g/mol. The molecule has 0 radical (unpaired) electrons. The zero-order valence-electron chi connectivity index (χ0n) is 10.9. The average Bonchev–Trinajstić information content (AvgIpc) is 3.06. The number of nitrogens with two attached hydrogens (primary N) is 2. The second-order valence-electron chi connectivity index (χ2n) is 5.37. The van der Waals surface area contributed by atoms with Crippen LogP contribution in [0.4, 0.5) is 0 Å². The van der Waals surface area contributed by atoms with E-state index in [1.807, 2.05) is 6.07 Å². The smallest absolute Gasteiger partial charge is 0.123 e. The van der Waals surface area contributed by atoms with E-state index >= 15 is 0 Å². The van der Waals surface area contributed by atoms with Gasteiger partial charge in [-0.2, -0.15) is 0 Å². The highest BCUT2D eigenvalue weighted by Crippen LogP contribution is 2.44. The van der Waals surface area contributed by atoms with Crippen molar-refractivity contribution in [1.82, 2.24) is 0 Å². The molecule has 1 aliphatic rings. The molecule has 0 amide bonds. The van der Waals surface area contributed by atoms with Gasteiger partial charge in [0.2, 0.25) is 0 Å². The van der Waals surface area contributed by atoms with E-state index in [0.29, 0.717) is 5.92 Å². The van der Waals surface area contributed by atoms with E-state index in [1.54, 1.807) is 7.11 Å². The predicted molar refractivity (Wildman–Crippen MR) is 70.2 cm³/mol. The highest BCUT2D eigenvalue weighted by atomic mass is 16.5. The molecule has 1 unspecified atom stereocenters. The molecule has 0 aromatic heterocycles.